The maximum atomic E-state index is 14.2. The van der Waals surface area contributed by atoms with Gasteiger partial charge in [-0.15, -0.1) is 12.4 Å². The molecule has 1 aliphatic heterocycles. The molecule has 1 nitrogen and oxygen atoms in total. The molecule has 1 saturated carbocycles. The van der Waals surface area contributed by atoms with Crippen molar-refractivity contribution in [2.75, 3.05) is 19.6 Å². The first-order valence-corrected chi connectivity index (χ1v) is 10.9. The van der Waals surface area contributed by atoms with Crippen LogP contribution in [0.4, 0.5) is 4.39 Å². The van der Waals surface area contributed by atoms with Gasteiger partial charge < -0.3 is 0 Å². The molecule has 0 aromatic heterocycles. The van der Waals surface area contributed by atoms with E-state index >= 15 is 0 Å². The molecule has 0 unspecified atom stereocenters. The molecular formula is C25H39ClFN. The smallest absolute Gasteiger partial charge is 0.123 e. The summed E-state index contributed by atoms with van der Waals surface area (Å²) in [5.74, 6) is 0.365. The largest absolute Gasteiger partial charge is 0.299 e. The molecule has 0 saturated heterocycles. The first-order chi connectivity index (χ1) is 12.7. The Balaban J connectivity index is 0.00000280. The summed E-state index contributed by atoms with van der Waals surface area (Å²) in [7, 11) is 0. The second-order valence-corrected chi connectivity index (χ2v) is 10.5. The summed E-state index contributed by atoms with van der Waals surface area (Å²) in [6, 6.07) is 5.54. The SMILES string of the molecule is CCCCN1CC=C(c2ccc(F)cc2C2CC(C)(C)CC(C)(C)C2)CC1.Cl. The van der Waals surface area contributed by atoms with Crippen LogP contribution in [0.1, 0.15) is 90.2 Å². The van der Waals surface area contributed by atoms with Crippen LogP contribution < -0.4 is 0 Å². The minimum Gasteiger partial charge on any atom is -0.299 e. The molecule has 1 fully saturated rings. The Hall–Kier alpha value is -0.860. The minimum absolute atomic E-state index is 0. The lowest BCUT2D eigenvalue weighted by Gasteiger charge is -2.45. The monoisotopic (exact) mass is 407 g/mol. The highest BCUT2D eigenvalue weighted by Gasteiger charge is 2.39. The summed E-state index contributed by atoms with van der Waals surface area (Å²) in [6.07, 6.45) is 9.57. The third kappa shape index (κ3) is 5.83. The summed E-state index contributed by atoms with van der Waals surface area (Å²) in [4.78, 5) is 2.54. The number of unbranched alkanes of at least 4 members (excludes halogenated alkanes) is 1. The molecule has 1 aliphatic carbocycles. The molecule has 0 spiro atoms. The van der Waals surface area contributed by atoms with Crippen LogP contribution in [0.3, 0.4) is 0 Å². The van der Waals surface area contributed by atoms with Crippen LogP contribution in [0.15, 0.2) is 24.3 Å². The number of hydrogen-bond acceptors (Lipinski definition) is 1. The highest BCUT2D eigenvalue weighted by molar-refractivity contribution is 5.85. The first-order valence-electron chi connectivity index (χ1n) is 10.9. The lowest BCUT2D eigenvalue weighted by molar-refractivity contribution is 0.0967. The molecule has 2 aliphatic rings. The Kier molecular flexibility index (Phi) is 7.78. The van der Waals surface area contributed by atoms with Gasteiger partial charge in [0.05, 0.1) is 0 Å². The van der Waals surface area contributed by atoms with Crippen molar-refractivity contribution >= 4 is 18.0 Å². The van der Waals surface area contributed by atoms with E-state index in [0.717, 1.165) is 32.4 Å². The normalized spacial score (nSPS) is 22.4. The fourth-order valence-corrected chi connectivity index (χ4v) is 5.77. The van der Waals surface area contributed by atoms with Gasteiger partial charge in [0, 0.05) is 13.1 Å². The maximum Gasteiger partial charge on any atom is 0.123 e. The van der Waals surface area contributed by atoms with Gasteiger partial charge in [-0.05, 0) is 84.2 Å². The van der Waals surface area contributed by atoms with Crippen LogP contribution in [0.5, 0.6) is 0 Å². The van der Waals surface area contributed by atoms with Crippen molar-refractivity contribution in [3.05, 3.63) is 41.2 Å². The van der Waals surface area contributed by atoms with E-state index in [1.165, 1.54) is 42.5 Å². The van der Waals surface area contributed by atoms with Crippen molar-refractivity contribution in [3.63, 3.8) is 0 Å². The summed E-state index contributed by atoms with van der Waals surface area (Å²) in [5, 5.41) is 0. The van der Waals surface area contributed by atoms with Crippen molar-refractivity contribution in [2.24, 2.45) is 10.8 Å². The lowest BCUT2D eigenvalue weighted by atomic mass is 9.59. The third-order valence-corrected chi connectivity index (χ3v) is 6.48. The van der Waals surface area contributed by atoms with Gasteiger partial charge in [-0.25, -0.2) is 4.39 Å². The van der Waals surface area contributed by atoms with E-state index in [2.05, 4.69) is 45.6 Å². The zero-order chi connectivity index (χ0) is 19.7. The van der Waals surface area contributed by atoms with Crippen LogP contribution in [0.25, 0.3) is 5.57 Å². The highest BCUT2D eigenvalue weighted by atomic mass is 35.5. The van der Waals surface area contributed by atoms with E-state index in [-0.39, 0.29) is 18.2 Å². The fourth-order valence-electron chi connectivity index (χ4n) is 5.77. The predicted octanol–water partition coefficient (Wildman–Crippen LogP) is 7.46. The van der Waals surface area contributed by atoms with E-state index < -0.39 is 0 Å². The molecule has 3 rings (SSSR count). The van der Waals surface area contributed by atoms with E-state index in [9.17, 15) is 4.39 Å². The van der Waals surface area contributed by atoms with Crippen molar-refractivity contribution in [2.45, 2.75) is 79.1 Å². The number of rotatable bonds is 5. The van der Waals surface area contributed by atoms with E-state index in [1.807, 2.05) is 12.1 Å². The predicted molar refractivity (Wildman–Crippen MR) is 122 cm³/mol. The van der Waals surface area contributed by atoms with Crippen molar-refractivity contribution in [1.82, 2.24) is 4.90 Å². The number of nitrogens with zero attached hydrogens (tertiary/aromatic N) is 1. The number of halogens is 2. The second-order valence-electron chi connectivity index (χ2n) is 10.5. The molecule has 0 bridgehead atoms. The number of benzene rings is 1. The van der Waals surface area contributed by atoms with Crippen LogP contribution in [0, 0.1) is 16.6 Å². The van der Waals surface area contributed by atoms with Crippen LogP contribution in [0.2, 0.25) is 0 Å². The molecule has 0 N–H and O–H groups in total. The van der Waals surface area contributed by atoms with Crippen LogP contribution in [-0.2, 0) is 0 Å². The second kappa shape index (κ2) is 9.30. The Morgan fingerprint density at radius 1 is 1.11 bits per heavy atom. The lowest BCUT2D eigenvalue weighted by Crippen LogP contribution is -2.33. The first kappa shape index (κ1) is 23.4. The van der Waals surface area contributed by atoms with Crippen LogP contribution >= 0.6 is 12.4 Å². The molecule has 0 atom stereocenters. The van der Waals surface area contributed by atoms with Gasteiger partial charge in [-0.1, -0.05) is 53.2 Å². The van der Waals surface area contributed by atoms with Crippen molar-refractivity contribution < 1.29 is 4.39 Å². The molecule has 158 valence electrons. The average Bonchev–Trinajstić information content (AvgIpc) is 2.58. The van der Waals surface area contributed by atoms with Gasteiger partial charge in [-0.2, -0.15) is 0 Å². The molecular weight excluding hydrogens is 369 g/mol. The van der Waals surface area contributed by atoms with E-state index in [4.69, 9.17) is 0 Å². The van der Waals surface area contributed by atoms with E-state index in [1.54, 1.807) is 6.07 Å². The third-order valence-electron chi connectivity index (χ3n) is 6.48. The Morgan fingerprint density at radius 2 is 1.79 bits per heavy atom. The van der Waals surface area contributed by atoms with Gasteiger partial charge in [-0.3, -0.25) is 4.90 Å². The Morgan fingerprint density at radius 3 is 2.36 bits per heavy atom. The van der Waals surface area contributed by atoms with Gasteiger partial charge in [0.1, 0.15) is 5.82 Å². The van der Waals surface area contributed by atoms with Gasteiger partial charge in [0.25, 0.3) is 0 Å². The Bertz CT molecular complexity index is 676. The molecule has 0 amide bonds. The van der Waals surface area contributed by atoms with Gasteiger partial charge in [0.2, 0.25) is 0 Å². The maximum absolute atomic E-state index is 14.2. The zero-order valence-electron chi connectivity index (χ0n) is 18.5. The summed E-state index contributed by atoms with van der Waals surface area (Å²) in [6.45, 7) is 15.1. The zero-order valence-corrected chi connectivity index (χ0v) is 19.3. The summed E-state index contributed by atoms with van der Waals surface area (Å²) in [5.41, 5.74) is 4.62. The van der Waals surface area contributed by atoms with Gasteiger partial charge in [0.15, 0.2) is 0 Å². The molecule has 1 aromatic carbocycles. The van der Waals surface area contributed by atoms with Crippen molar-refractivity contribution in [1.29, 1.82) is 0 Å². The number of hydrogen-bond donors (Lipinski definition) is 0. The minimum atomic E-state index is -0.0871. The fraction of sp³-hybridized carbons (Fsp3) is 0.680. The van der Waals surface area contributed by atoms with Crippen molar-refractivity contribution in [3.8, 4) is 0 Å². The molecule has 1 heterocycles. The quantitative estimate of drug-likeness (QED) is 0.489. The Labute approximate surface area is 178 Å². The summed E-state index contributed by atoms with van der Waals surface area (Å²) >= 11 is 0. The molecule has 28 heavy (non-hydrogen) atoms. The molecule has 3 heteroatoms. The average molecular weight is 408 g/mol. The molecule has 1 aromatic rings. The molecule has 0 radical (unpaired) electrons. The van der Waals surface area contributed by atoms with Gasteiger partial charge >= 0.3 is 0 Å². The van der Waals surface area contributed by atoms with E-state index in [0.29, 0.717) is 16.7 Å². The van der Waals surface area contributed by atoms with Crippen LogP contribution in [-0.4, -0.2) is 24.5 Å². The topological polar surface area (TPSA) is 3.24 Å². The standard InChI is InChI=1S/C25H38FN.ClH/c1-6-7-12-27-13-10-19(11-14-27)22-9-8-21(26)15-23(22)20-16-24(2,3)18-25(4,5)17-20;/h8-10,15,20H,6-7,11-14,16-18H2,1-5H3;1H. The summed E-state index contributed by atoms with van der Waals surface area (Å²) < 4.78 is 14.2. The highest BCUT2D eigenvalue weighted by Crippen LogP contribution is 2.52.